The molecule has 0 aliphatic carbocycles. The molecule has 2 aromatic rings. The molecule has 0 aliphatic heterocycles. The third kappa shape index (κ3) is 4.93. The Hall–Kier alpha value is -2.13. The fraction of sp³-hybridized carbons (Fsp3) is 0.357. The number of carbonyl (C=O) groups is 1. The fourth-order valence-electron chi connectivity index (χ4n) is 1.93. The zero-order chi connectivity index (χ0) is 16.9. The molecule has 24 heavy (non-hydrogen) atoms. The molecule has 1 aromatic carbocycles. The third-order valence-electron chi connectivity index (χ3n) is 3.02. The lowest BCUT2D eigenvalue weighted by molar-refractivity contribution is -0.137. The summed E-state index contributed by atoms with van der Waals surface area (Å²) in [5.74, 6) is -0.487. The van der Waals surface area contributed by atoms with Crippen molar-refractivity contribution in [1.29, 1.82) is 0 Å². The smallest absolute Gasteiger partial charge is 0.349 e. The summed E-state index contributed by atoms with van der Waals surface area (Å²) in [4.78, 5) is 11.9. The number of alkyl halides is 3. The molecule has 0 spiro atoms. The second-order valence-electron chi connectivity index (χ2n) is 4.67. The predicted octanol–water partition coefficient (Wildman–Crippen LogP) is 2.05. The van der Waals surface area contributed by atoms with Gasteiger partial charge in [-0.2, -0.15) is 13.2 Å². The van der Waals surface area contributed by atoms with Crippen LogP contribution in [0.1, 0.15) is 23.0 Å². The number of halogens is 4. The lowest BCUT2D eigenvalue weighted by atomic mass is 10.1. The van der Waals surface area contributed by atoms with Crippen molar-refractivity contribution >= 4 is 18.3 Å². The molecule has 2 N–H and O–H groups in total. The molecule has 1 aromatic heterocycles. The minimum Gasteiger partial charge on any atom is -0.349 e. The monoisotopic (exact) mass is 363 g/mol. The largest absolute Gasteiger partial charge is 0.418 e. The van der Waals surface area contributed by atoms with Gasteiger partial charge in [-0.25, -0.2) is 4.68 Å². The molecule has 6 nitrogen and oxygen atoms in total. The first-order chi connectivity index (χ1) is 10.9. The van der Waals surface area contributed by atoms with Crippen LogP contribution in [-0.2, 0) is 6.18 Å². The molecule has 2 rings (SSSR count). The molecule has 132 valence electrons. The number of para-hydroxylation sites is 1. The molecular formula is C14H17ClF3N5O. The maximum Gasteiger partial charge on any atom is 0.418 e. The Morgan fingerprint density at radius 3 is 2.62 bits per heavy atom. The average Bonchev–Trinajstić information content (AvgIpc) is 3.00. The molecule has 0 radical (unpaired) electrons. The van der Waals surface area contributed by atoms with Gasteiger partial charge in [0, 0.05) is 13.1 Å². The highest BCUT2D eigenvalue weighted by molar-refractivity contribution is 5.91. The Labute approximate surface area is 142 Å². The number of nitrogens with zero attached hydrogens (tertiary/aromatic N) is 3. The summed E-state index contributed by atoms with van der Waals surface area (Å²) < 4.78 is 39.9. The molecule has 0 fully saturated rings. The van der Waals surface area contributed by atoms with Gasteiger partial charge in [-0.15, -0.1) is 17.5 Å². The second-order valence-corrected chi connectivity index (χ2v) is 4.67. The van der Waals surface area contributed by atoms with Crippen molar-refractivity contribution in [2.24, 2.45) is 0 Å². The van der Waals surface area contributed by atoms with E-state index < -0.39 is 17.6 Å². The average molecular weight is 364 g/mol. The summed E-state index contributed by atoms with van der Waals surface area (Å²) in [6.07, 6.45) is -3.34. The first-order valence-electron chi connectivity index (χ1n) is 7.01. The molecule has 0 saturated heterocycles. The lowest BCUT2D eigenvalue weighted by Gasteiger charge is -2.11. The summed E-state index contributed by atoms with van der Waals surface area (Å²) in [5, 5.41) is 12.9. The topological polar surface area (TPSA) is 71.8 Å². The van der Waals surface area contributed by atoms with E-state index in [0.717, 1.165) is 17.3 Å². The summed E-state index contributed by atoms with van der Waals surface area (Å²) >= 11 is 0. The van der Waals surface area contributed by atoms with E-state index in [9.17, 15) is 18.0 Å². The van der Waals surface area contributed by atoms with Crippen molar-refractivity contribution in [3.8, 4) is 5.69 Å². The Balaban J connectivity index is 0.00000288. The minimum absolute atomic E-state index is 0. The van der Waals surface area contributed by atoms with Crippen LogP contribution in [0.3, 0.4) is 0 Å². The van der Waals surface area contributed by atoms with Gasteiger partial charge in [0.1, 0.15) is 0 Å². The first kappa shape index (κ1) is 19.9. The zero-order valence-corrected chi connectivity index (χ0v) is 13.6. The molecule has 1 amide bonds. The first-order valence-corrected chi connectivity index (χ1v) is 7.01. The second kappa shape index (κ2) is 8.65. The van der Waals surface area contributed by atoms with Crippen molar-refractivity contribution in [3.05, 3.63) is 41.7 Å². The van der Waals surface area contributed by atoms with E-state index in [4.69, 9.17) is 0 Å². The van der Waals surface area contributed by atoms with E-state index in [-0.39, 0.29) is 23.8 Å². The van der Waals surface area contributed by atoms with Crippen LogP contribution in [0.25, 0.3) is 5.69 Å². The van der Waals surface area contributed by atoms with Gasteiger partial charge in [-0.1, -0.05) is 24.3 Å². The minimum atomic E-state index is -4.52. The molecule has 0 unspecified atom stereocenters. The summed E-state index contributed by atoms with van der Waals surface area (Å²) in [5.41, 5.74) is -1.07. The van der Waals surface area contributed by atoms with E-state index in [0.29, 0.717) is 13.1 Å². The fourth-order valence-corrected chi connectivity index (χ4v) is 1.93. The Kier molecular flexibility index (Phi) is 7.18. The molecule has 1 heterocycles. The molecule has 0 saturated carbocycles. The van der Waals surface area contributed by atoms with Gasteiger partial charge in [-0.05, 0) is 18.7 Å². The highest BCUT2D eigenvalue weighted by Crippen LogP contribution is 2.33. The van der Waals surface area contributed by atoms with Gasteiger partial charge < -0.3 is 10.6 Å². The summed E-state index contributed by atoms with van der Waals surface area (Å²) in [6.45, 7) is 3.69. The molecule has 0 atom stereocenters. The number of carbonyl (C=O) groups excluding carboxylic acids is 1. The zero-order valence-electron chi connectivity index (χ0n) is 12.8. The van der Waals surface area contributed by atoms with Gasteiger partial charge in [0.05, 0.1) is 17.4 Å². The van der Waals surface area contributed by atoms with Crippen molar-refractivity contribution in [2.45, 2.75) is 13.1 Å². The normalized spacial score (nSPS) is 11.0. The number of likely N-dealkylation sites (N-methyl/N-ethyl adjacent to an activating group) is 1. The van der Waals surface area contributed by atoms with Gasteiger partial charge in [0.2, 0.25) is 0 Å². The molecule has 0 bridgehead atoms. The Morgan fingerprint density at radius 2 is 1.96 bits per heavy atom. The number of hydrogen-bond acceptors (Lipinski definition) is 4. The molecular weight excluding hydrogens is 347 g/mol. The summed E-state index contributed by atoms with van der Waals surface area (Å²) in [6, 6.07) is 4.97. The predicted molar refractivity (Wildman–Crippen MR) is 84.5 cm³/mol. The third-order valence-corrected chi connectivity index (χ3v) is 3.02. The SMILES string of the molecule is CCNCCNC(=O)c1cn(-c2ccccc2C(F)(F)F)nn1.Cl. The van der Waals surface area contributed by atoms with Crippen LogP contribution in [0.15, 0.2) is 30.5 Å². The maximum atomic E-state index is 13.0. The van der Waals surface area contributed by atoms with Crippen molar-refractivity contribution < 1.29 is 18.0 Å². The van der Waals surface area contributed by atoms with Crippen LogP contribution in [0.4, 0.5) is 13.2 Å². The highest BCUT2D eigenvalue weighted by atomic mass is 35.5. The van der Waals surface area contributed by atoms with Gasteiger partial charge in [0.25, 0.3) is 5.91 Å². The summed E-state index contributed by atoms with van der Waals surface area (Å²) in [7, 11) is 0. The van der Waals surface area contributed by atoms with Crippen molar-refractivity contribution in [3.63, 3.8) is 0 Å². The van der Waals surface area contributed by atoms with E-state index in [1.54, 1.807) is 0 Å². The number of benzene rings is 1. The van der Waals surface area contributed by atoms with Gasteiger partial charge >= 0.3 is 6.18 Å². The number of rotatable bonds is 6. The number of nitrogens with one attached hydrogen (secondary N) is 2. The number of aromatic nitrogens is 3. The highest BCUT2D eigenvalue weighted by Gasteiger charge is 2.34. The van der Waals surface area contributed by atoms with Crippen molar-refractivity contribution in [1.82, 2.24) is 25.6 Å². The Morgan fingerprint density at radius 1 is 1.25 bits per heavy atom. The standard InChI is InChI=1S/C14H16F3N5O.ClH/c1-2-18-7-8-19-13(23)11-9-22(21-20-11)12-6-4-3-5-10(12)14(15,16)17;/h3-6,9,18H,2,7-8H2,1H3,(H,19,23);1H. The van der Waals surface area contributed by atoms with Crippen LogP contribution >= 0.6 is 12.4 Å². The van der Waals surface area contributed by atoms with E-state index >= 15 is 0 Å². The van der Waals surface area contributed by atoms with E-state index in [1.165, 1.54) is 24.4 Å². The number of amides is 1. The van der Waals surface area contributed by atoms with Gasteiger partial charge in [0.15, 0.2) is 5.69 Å². The van der Waals surface area contributed by atoms with Crippen LogP contribution < -0.4 is 10.6 Å². The van der Waals surface area contributed by atoms with Crippen LogP contribution in [0.5, 0.6) is 0 Å². The van der Waals surface area contributed by atoms with E-state index in [2.05, 4.69) is 20.9 Å². The van der Waals surface area contributed by atoms with Crippen LogP contribution in [-0.4, -0.2) is 40.5 Å². The van der Waals surface area contributed by atoms with E-state index in [1.807, 2.05) is 6.92 Å². The number of hydrogen-bond donors (Lipinski definition) is 2. The van der Waals surface area contributed by atoms with Gasteiger partial charge in [-0.3, -0.25) is 4.79 Å². The van der Waals surface area contributed by atoms with Crippen LogP contribution in [0.2, 0.25) is 0 Å². The maximum absolute atomic E-state index is 13.0. The van der Waals surface area contributed by atoms with Crippen LogP contribution in [0, 0.1) is 0 Å². The Bertz CT molecular complexity index is 674. The molecule has 0 aliphatic rings. The quantitative estimate of drug-likeness (QED) is 0.770. The van der Waals surface area contributed by atoms with Crippen molar-refractivity contribution in [2.75, 3.05) is 19.6 Å². The molecule has 10 heteroatoms. The lowest BCUT2D eigenvalue weighted by Crippen LogP contribution is -2.31.